The van der Waals surface area contributed by atoms with Gasteiger partial charge in [0.25, 0.3) is 0 Å². The van der Waals surface area contributed by atoms with Crippen LogP contribution in [0, 0.1) is 12.8 Å². The van der Waals surface area contributed by atoms with Gasteiger partial charge in [0.1, 0.15) is 0 Å². The van der Waals surface area contributed by atoms with Crippen molar-refractivity contribution >= 4 is 20.5 Å². The van der Waals surface area contributed by atoms with E-state index in [9.17, 15) is 4.79 Å². The zero-order valence-corrected chi connectivity index (χ0v) is 14.9. The van der Waals surface area contributed by atoms with Crippen LogP contribution in [0.2, 0.25) is 0 Å². The van der Waals surface area contributed by atoms with Crippen molar-refractivity contribution in [1.82, 2.24) is 0 Å². The minimum absolute atomic E-state index is 0.333. The fourth-order valence-corrected chi connectivity index (χ4v) is 2.17. The van der Waals surface area contributed by atoms with E-state index in [-0.39, 0.29) is 5.91 Å². The molecule has 0 radical (unpaired) electrons. The van der Waals surface area contributed by atoms with Gasteiger partial charge in [-0.25, -0.2) is 0 Å². The molecule has 0 saturated heterocycles. The summed E-state index contributed by atoms with van der Waals surface area (Å²) in [5, 5.41) is 1.25. The van der Waals surface area contributed by atoms with Crippen LogP contribution in [-0.2, 0) is 4.79 Å². The minimum Gasteiger partial charge on any atom is -0.370 e. The van der Waals surface area contributed by atoms with Crippen LogP contribution in [0.4, 0.5) is 0 Å². The number of nitrogens with two attached hydrogens (primary N) is 1. The molecule has 0 saturated carbocycles. The van der Waals surface area contributed by atoms with Crippen molar-refractivity contribution in [2.24, 2.45) is 11.7 Å². The standard InChI is InChI=1S/C8H18.C7H9P.C2H5NO/c1-4-6-8(3)7-5-2;1-6-3-2-4-7(8)5-6;1-2(3)4/h8H,4-7H2,1-3H3;2-5H,8H2,1H3;1H3,(H2,3,4). The maximum Gasteiger partial charge on any atom is 0.214 e. The summed E-state index contributed by atoms with van der Waals surface area (Å²) in [6.07, 6.45) is 5.52. The molecule has 0 fully saturated rings. The first kappa shape index (κ1) is 21.4. The molecule has 0 aliphatic carbocycles. The highest BCUT2D eigenvalue weighted by Gasteiger charge is 1.95. The van der Waals surface area contributed by atoms with Gasteiger partial charge in [-0.15, -0.1) is 9.24 Å². The highest BCUT2D eigenvalue weighted by molar-refractivity contribution is 7.27. The van der Waals surface area contributed by atoms with Crippen LogP contribution in [0.5, 0.6) is 0 Å². The molecule has 0 bridgehead atoms. The van der Waals surface area contributed by atoms with E-state index in [0.717, 1.165) is 5.92 Å². The van der Waals surface area contributed by atoms with Crippen LogP contribution in [-0.4, -0.2) is 5.91 Å². The Morgan fingerprint density at radius 3 is 1.95 bits per heavy atom. The second kappa shape index (κ2) is 14.5. The van der Waals surface area contributed by atoms with E-state index in [0.29, 0.717) is 0 Å². The highest BCUT2D eigenvalue weighted by atomic mass is 31.0. The third kappa shape index (κ3) is 19.5. The van der Waals surface area contributed by atoms with Crippen molar-refractivity contribution in [1.29, 1.82) is 0 Å². The molecule has 0 aliphatic rings. The summed E-state index contributed by atoms with van der Waals surface area (Å²) in [6, 6.07) is 8.34. The van der Waals surface area contributed by atoms with Gasteiger partial charge < -0.3 is 5.73 Å². The Hall–Kier alpha value is -0.880. The van der Waals surface area contributed by atoms with Crippen molar-refractivity contribution in [2.45, 2.75) is 60.3 Å². The van der Waals surface area contributed by atoms with E-state index in [2.05, 4.69) is 66.9 Å². The van der Waals surface area contributed by atoms with E-state index in [1.54, 1.807) is 0 Å². The zero-order chi connectivity index (χ0) is 16.0. The second-order valence-electron chi connectivity index (χ2n) is 5.21. The van der Waals surface area contributed by atoms with Gasteiger partial charge in [-0.05, 0) is 18.1 Å². The van der Waals surface area contributed by atoms with Gasteiger partial charge in [0.05, 0.1) is 0 Å². The van der Waals surface area contributed by atoms with Crippen LogP contribution < -0.4 is 11.0 Å². The van der Waals surface area contributed by atoms with Crippen LogP contribution in [0.15, 0.2) is 24.3 Å². The molecule has 1 unspecified atom stereocenters. The lowest BCUT2D eigenvalue weighted by molar-refractivity contribution is -0.115. The number of carbonyl (C=O) groups is 1. The van der Waals surface area contributed by atoms with Crippen LogP contribution in [0.25, 0.3) is 0 Å². The summed E-state index contributed by atoms with van der Waals surface area (Å²) in [5.74, 6) is 0.630. The lowest BCUT2D eigenvalue weighted by Gasteiger charge is -2.05. The van der Waals surface area contributed by atoms with Crippen molar-refractivity contribution in [3.05, 3.63) is 29.8 Å². The molecule has 1 aromatic carbocycles. The lowest BCUT2D eigenvalue weighted by Crippen LogP contribution is -2.01. The normalized spacial score (nSPS) is 9.15. The molecule has 1 rings (SSSR count). The summed E-state index contributed by atoms with van der Waals surface area (Å²) in [5.41, 5.74) is 5.79. The monoisotopic (exact) mass is 297 g/mol. The van der Waals surface area contributed by atoms with Gasteiger partial charge in [-0.1, -0.05) is 76.3 Å². The number of amides is 1. The minimum atomic E-state index is -0.333. The Kier molecular flexibility index (Phi) is 15.6. The largest absolute Gasteiger partial charge is 0.370 e. The average Bonchev–Trinajstić information content (AvgIpc) is 2.29. The van der Waals surface area contributed by atoms with Gasteiger partial charge in [-0.2, -0.15) is 0 Å². The smallest absolute Gasteiger partial charge is 0.214 e. The molecule has 20 heavy (non-hydrogen) atoms. The molecule has 1 atom stereocenters. The lowest BCUT2D eigenvalue weighted by atomic mass is 10.0. The van der Waals surface area contributed by atoms with Crippen molar-refractivity contribution in [3.63, 3.8) is 0 Å². The van der Waals surface area contributed by atoms with Gasteiger partial charge in [-0.3, -0.25) is 4.79 Å². The number of hydrogen-bond acceptors (Lipinski definition) is 1. The average molecular weight is 297 g/mol. The molecular formula is C17H32NOP. The van der Waals surface area contributed by atoms with E-state index in [1.165, 1.54) is 43.5 Å². The summed E-state index contributed by atoms with van der Waals surface area (Å²) < 4.78 is 0. The molecule has 0 aliphatic heterocycles. The van der Waals surface area contributed by atoms with Crippen molar-refractivity contribution < 1.29 is 4.79 Å². The van der Waals surface area contributed by atoms with Crippen LogP contribution in [0.3, 0.4) is 0 Å². The Morgan fingerprint density at radius 1 is 1.25 bits per heavy atom. The molecule has 2 N–H and O–H groups in total. The van der Waals surface area contributed by atoms with E-state index >= 15 is 0 Å². The Balaban J connectivity index is 0. The quantitative estimate of drug-likeness (QED) is 0.831. The molecule has 0 aromatic heterocycles. The summed E-state index contributed by atoms with van der Waals surface area (Å²) >= 11 is 0. The van der Waals surface area contributed by atoms with Gasteiger partial charge >= 0.3 is 0 Å². The van der Waals surface area contributed by atoms with Gasteiger partial charge in [0.15, 0.2) is 0 Å². The van der Waals surface area contributed by atoms with Gasteiger partial charge in [0, 0.05) is 6.92 Å². The summed E-state index contributed by atoms with van der Waals surface area (Å²) in [4.78, 5) is 9.22. The van der Waals surface area contributed by atoms with Crippen LogP contribution >= 0.6 is 9.24 Å². The molecule has 3 heteroatoms. The fourth-order valence-electron chi connectivity index (χ4n) is 1.80. The van der Waals surface area contributed by atoms with E-state index < -0.39 is 0 Å². The van der Waals surface area contributed by atoms with Crippen molar-refractivity contribution in [2.75, 3.05) is 0 Å². The first-order valence-electron chi connectivity index (χ1n) is 7.41. The maximum absolute atomic E-state index is 9.22. The Labute approximate surface area is 127 Å². The fraction of sp³-hybridized carbons (Fsp3) is 0.588. The first-order valence-corrected chi connectivity index (χ1v) is 7.99. The molecular weight excluding hydrogens is 265 g/mol. The molecule has 1 aromatic rings. The molecule has 0 heterocycles. The predicted octanol–water partition coefficient (Wildman–Crippen LogP) is 4.21. The first-order chi connectivity index (χ1) is 9.33. The number of benzene rings is 1. The number of rotatable bonds is 4. The summed E-state index contributed by atoms with van der Waals surface area (Å²) in [7, 11) is 2.66. The Bertz CT molecular complexity index is 325. The number of carbonyl (C=O) groups excluding carboxylic acids is 1. The van der Waals surface area contributed by atoms with Gasteiger partial charge in [0.2, 0.25) is 5.91 Å². The van der Waals surface area contributed by atoms with Crippen LogP contribution in [0.1, 0.15) is 58.9 Å². The van der Waals surface area contributed by atoms with E-state index in [4.69, 9.17) is 0 Å². The highest BCUT2D eigenvalue weighted by Crippen LogP contribution is 2.10. The third-order valence-electron chi connectivity index (χ3n) is 2.61. The second-order valence-corrected chi connectivity index (χ2v) is 5.87. The SMILES string of the molecule is CC(N)=O.CCCC(C)CCC.Cc1cccc(P)c1. The topological polar surface area (TPSA) is 43.1 Å². The number of primary amides is 1. The molecule has 2 nitrogen and oxygen atoms in total. The van der Waals surface area contributed by atoms with E-state index in [1.807, 2.05) is 0 Å². The Morgan fingerprint density at radius 2 is 1.70 bits per heavy atom. The zero-order valence-electron chi connectivity index (χ0n) is 13.8. The molecule has 116 valence electrons. The predicted molar refractivity (Wildman–Crippen MR) is 94.4 cm³/mol. The third-order valence-corrected chi connectivity index (χ3v) is 2.96. The maximum atomic E-state index is 9.22. The molecule has 1 amide bonds. The van der Waals surface area contributed by atoms with Crippen molar-refractivity contribution in [3.8, 4) is 0 Å². The number of hydrogen-bond donors (Lipinski definition) is 1. The summed E-state index contributed by atoms with van der Waals surface area (Å²) in [6.45, 7) is 10.2. The molecule has 0 spiro atoms. The number of aryl methyl sites for hydroxylation is 1.